The Bertz CT molecular complexity index is 171. The van der Waals surface area contributed by atoms with Gasteiger partial charge in [0, 0.05) is 18.3 Å². The Kier molecular flexibility index (Phi) is 6.98. The van der Waals surface area contributed by atoms with Gasteiger partial charge in [-0.2, -0.15) is 0 Å². The fourth-order valence-electron chi connectivity index (χ4n) is 1.02. The van der Waals surface area contributed by atoms with Gasteiger partial charge < -0.3 is 5.32 Å². The number of carbonyl (C=O) groups excluding carboxylic acids is 1. The molecule has 0 aliphatic rings. The summed E-state index contributed by atoms with van der Waals surface area (Å²) in [5.74, 6) is 1.65. The van der Waals surface area contributed by atoms with E-state index in [0.717, 1.165) is 6.42 Å². The van der Waals surface area contributed by atoms with Gasteiger partial charge in [0.15, 0.2) is 0 Å². The molecular formula is C11H22ClNO. The molecule has 2 atom stereocenters. The standard InChI is InChI=1S/C11H22ClNO/c1-8(2)5-6-11(14)13-10(4)9(3)7-12/h8-10H,5-7H2,1-4H3,(H,13,14). The Hall–Kier alpha value is -0.240. The number of nitrogens with one attached hydrogen (secondary N) is 1. The van der Waals surface area contributed by atoms with Crippen LogP contribution in [0, 0.1) is 11.8 Å². The van der Waals surface area contributed by atoms with E-state index in [1.165, 1.54) is 0 Å². The molecule has 3 heteroatoms. The van der Waals surface area contributed by atoms with Gasteiger partial charge in [-0.25, -0.2) is 0 Å². The molecule has 0 aliphatic heterocycles. The largest absolute Gasteiger partial charge is 0.353 e. The van der Waals surface area contributed by atoms with Crippen molar-refractivity contribution in [1.29, 1.82) is 0 Å². The first kappa shape index (κ1) is 13.8. The number of hydrogen-bond acceptors (Lipinski definition) is 1. The number of amides is 1. The van der Waals surface area contributed by atoms with Crippen LogP contribution in [0.2, 0.25) is 0 Å². The monoisotopic (exact) mass is 219 g/mol. The maximum Gasteiger partial charge on any atom is 0.220 e. The predicted molar refractivity (Wildman–Crippen MR) is 61.6 cm³/mol. The zero-order valence-corrected chi connectivity index (χ0v) is 10.4. The van der Waals surface area contributed by atoms with Crippen molar-refractivity contribution in [3.05, 3.63) is 0 Å². The number of alkyl halides is 1. The number of hydrogen-bond donors (Lipinski definition) is 1. The van der Waals surface area contributed by atoms with Gasteiger partial charge in [0.05, 0.1) is 0 Å². The highest BCUT2D eigenvalue weighted by atomic mass is 35.5. The maximum absolute atomic E-state index is 11.4. The lowest BCUT2D eigenvalue weighted by molar-refractivity contribution is -0.122. The molecule has 14 heavy (non-hydrogen) atoms. The zero-order valence-electron chi connectivity index (χ0n) is 9.64. The molecule has 0 spiro atoms. The van der Waals surface area contributed by atoms with Crippen molar-refractivity contribution in [1.82, 2.24) is 5.32 Å². The summed E-state index contributed by atoms with van der Waals surface area (Å²) in [5, 5.41) is 2.96. The molecule has 84 valence electrons. The number of carbonyl (C=O) groups is 1. The van der Waals surface area contributed by atoms with Crippen molar-refractivity contribution < 1.29 is 4.79 Å². The minimum atomic E-state index is 0.142. The third-order valence-electron chi connectivity index (χ3n) is 2.43. The molecule has 0 heterocycles. The van der Waals surface area contributed by atoms with E-state index in [0.29, 0.717) is 24.1 Å². The van der Waals surface area contributed by atoms with E-state index in [1.54, 1.807) is 0 Å². The third-order valence-corrected chi connectivity index (χ3v) is 2.92. The Labute approximate surface area is 92.4 Å². The van der Waals surface area contributed by atoms with Gasteiger partial charge in [-0.15, -0.1) is 11.6 Å². The lowest BCUT2D eigenvalue weighted by atomic mass is 10.0. The average molecular weight is 220 g/mol. The molecule has 2 unspecified atom stereocenters. The first-order chi connectivity index (χ1) is 6.47. The zero-order chi connectivity index (χ0) is 11.1. The van der Waals surface area contributed by atoms with Crippen LogP contribution in [0.1, 0.15) is 40.5 Å². The van der Waals surface area contributed by atoms with Crippen LogP contribution in [-0.4, -0.2) is 17.8 Å². The first-order valence-electron chi connectivity index (χ1n) is 5.32. The molecular weight excluding hydrogens is 198 g/mol. The molecule has 0 aliphatic carbocycles. The van der Waals surface area contributed by atoms with Crippen molar-refractivity contribution in [2.45, 2.75) is 46.6 Å². The van der Waals surface area contributed by atoms with Crippen LogP contribution >= 0.6 is 11.6 Å². The second-order valence-corrected chi connectivity index (χ2v) is 4.73. The van der Waals surface area contributed by atoms with Crippen LogP contribution in [0.15, 0.2) is 0 Å². The van der Waals surface area contributed by atoms with Crippen LogP contribution in [0.4, 0.5) is 0 Å². The van der Waals surface area contributed by atoms with E-state index < -0.39 is 0 Å². The van der Waals surface area contributed by atoms with E-state index in [4.69, 9.17) is 11.6 Å². The Balaban J connectivity index is 3.71. The Morgan fingerprint density at radius 3 is 2.29 bits per heavy atom. The SMILES string of the molecule is CC(C)CCC(=O)NC(C)C(C)CCl. The summed E-state index contributed by atoms with van der Waals surface area (Å²) < 4.78 is 0. The highest BCUT2D eigenvalue weighted by molar-refractivity contribution is 6.18. The van der Waals surface area contributed by atoms with Gasteiger partial charge >= 0.3 is 0 Å². The second-order valence-electron chi connectivity index (χ2n) is 4.42. The molecule has 2 nitrogen and oxygen atoms in total. The number of rotatable bonds is 6. The van der Waals surface area contributed by atoms with Gasteiger partial charge in [0.2, 0.25) is 5.91 Å². The van der Waals surface area contributed by atoms with Gasteiger partial charge in [-0.3, -0.25) is 4.79 Å². The Morgan fingerprint density at radius 2 is 1.86 bits per heavy atom. The van der Waals surface area contributed by atoms with Crippen LogP contribution < -0.4 is 5.32 Å². The first-order valence-corrected chi connectivity index (χ1v) is 5.86. The quantitative estimate of drug-likeness (QED) is 0.684. The summed E-state index contributed by atoms with van der Waals surface area (Å²) >= 11 is 5.71. The molecule has 0 aromatic carbocycles. The molecule has 0 bridgehead atoms. The fraction of sp³-hybridized carbons (Fsp3) is 0.909. The summed E-state index contributed by atoms with van der Waals surface area (Å²) in [6.45, 7) is 8.29. The third kappa shape index (κ3) is 6.25. The van der Waals surface area contributed by atoms with Crippen molar-refractivity contribution in [2.24, 2.45) is 11.8 Å². The van der Waals surface area contributed by atoms with E-state index >= 15 is 0 Å². The normalized spacial score (nSPS) is 15.3. The second kappa shape index (κ2) is 7.10. The van der Waals surface area contributed by atoms with Gasteiger partial charge in [0.1, 0.15) is 0 Å². The van der Waals surface area contributed by atoms with Crippen LogP contribution in [0.5, 0.6) is 0 Å². The van der Waals surface area contributed by atoms with Gasteiger partial charge in [0.25, 0.3) is 0 Å². The van der Waals surface area contributed by atoms with Gasteiger partial charge in [-0.1, -0.05) is 20.8 Å². The summed E-state index contributed by atoms with van der Waals surface area (Å²) in [4.78, 5) is 11.4. The van der Waals surface area contributed by atoms with E-state index in [9.17, 15) is 4.79 Å². The van der Waals surface area contributed by atoms with E-state index in [1.807, 2.05) is 13.8 Å². The van der Waals surface area contributed by atoms with Crippen LogP contribution in [0.25, 0.3) is 0 Å². The molecule has 0 saturated heterocycles. The predicted octanol–water partition coefficient (Wildman–Crippen LogP) is 2.80. The molecule has 1 N–H and O–H groups in total. The number of halogens is 1. The molecule has 0 aromatic heterocycles. The van der Waals surface area contributed by atoms with Crippen LogP contribution in [0.3, 0.4) is 0 Å². The Morgan fingerprint density at radius 1 is 1.29 bits per heavy atom. The summed E-state index contributed by atoms with van der Waals surface area (Å²) in [6.07, 6.45) is 1.57. The lowest BCUT2D eigenvalue weighted by Crippen LogP contribution is -2.37. The van der Waals surface area contributed by atoms with E-state index in [2.05, 4.69) is 19.2 Å². The van der Waals surface area contributed by atoms with E-state index in [-0.39, 0.29) is 11.9 Å². The minimum absolute atomic E-state index is 0.142. The molecule has 0 radical (unpaired) electrons. The average Bonchev–Trinajstić information content (AvgIpc) is 2.13. The minimum Gasteiger partial charge on any atom is -0.353 e. The molecule has 0 aromatic rings. The van der Waals surface area contributed by atoms with Crippen molar-refractivity contribution >= 4 is 17.5 Å². The highest BCUT2D eigenvalue weighted by Crippen LogP contribution is 2.07. The summed E-state index contributed by atoms with van der Waals surface area (Å²) in [6, 6.07) is 0.173. The molecule has 0 saturated carbocycles. The topological polar surface area (TPSA) is 29.1 Å². The molecule has 1 amide bonds. The molecule has 0 rings (SSSR count). The van der Waals surface area contributed by atoms with Crippen molar-refractivity contribution in [3.8, 4) is 0 Å². The van der Waals surface area contributed by atoms with Crippen LogP contribution in [-0.2, 0) is 4.79 Å². The van der Waals surface area contributed by atoms with Crippen molar-refractivity contribution in [3.63, 3.8) is 0 Å². The molecule has 0 fully saturated rings. The lowest BCUT2D eigenvalue weighted by Gasteiger charge is -2.19. The fourth-order valence-corrected chi connectivity index (χ4v) is 1.29. The van der Waals surface area contributed by atoms with Crippen molar-refractivity contribution in [2.75, 3.05) is 5.88 Å². The summed E-state index contributed by atoms with van der Waals surface area (Å²) in [5.41, 5.74) is 0. The maximum atomic E-state index is 11.4. The van der Waals surface area contributed by atoms with Gasteiger partial charge in [-0.05, 0) is 25.2 Å². The summed E-state index contributed by atoms with van der Waals surface area (Å²) in [7, 11) is 0. The highest BCUT2D eigenvalue weighted by Gasteiger charge is 2.13. The smallest absolute Gasteiger partial charge is 0.220 e.